The maximum Gasteiger partial charge on any atom is 0.129 e. The second-order valence-electron chi connectivity index (χ2n) is 5.04. The highest BCUT2D eigenvalue weighted by Crippen LogP contribution is 2.42. The molecule has 0 aliphatic heterocycles. The van der Waals surface area contributed by atoms with Gasteiger partial charge in [-0.15, -0.1) is 0 Å². The Balaban J connectivity index is 2.03. The van der Waals surface area contributed by atoms with Gasteiger partial charge >= 0.3 is 0 Å². The number of aliphatic hydroxyl groups is 1. The maximum absolute atomic E-state index is 13.8. The molecule has 0 bridgehead atoms. The van der Waals surface area contributed by atoms with E-state index in [1.807, 2.05) is 0 Å². The number of rotatable bonds is 1. The summed E-state index contributed by atoms with van der Waals surface area (Å²) in [5, 5.41) is 10.4. The van der Waals surface area contributed by atoms with E-state index >= 15 is 0 Å². The summed E-state index contributed by atoms with van der Waals surface area (Å²) in [6.07, 6.45) is 7.98. The van der Waals surface area contributed by atoms with Crippen LogP contribution in [0.5, 0.6) is 0 Å². The van der Waals surface area contributed by atoms with Gasteiger partial charge in [-0.25, -0.2) is 4.39 Å². The first-order chi connectivity index (χ1) is 6.73. The highest BCUT2D eigenvalue weighted by molar-refractivity contribution is 4.96. The second-order valence-corrected chi connectivity index (χ2v) is 5.04. The molecule has 2 heteroatoms. The Labute approximate surface area is 85.7 Å². The van der Waals surface area contributed by atoms with E-state index in [1.165, 1.54) is 19.3 Å². The standard InChI is InChI=1S/C12H21FO/c13-11-8-4-5-9-12(11,14)10-6-2-1-3-7-10/h10-11,14H,1-9H2. The third kappa shape index (κ3) is 1.81. The average molecular weight is 200 g/mol. The van der Waals surface area contributed by atoms with Crippen molar-refractivity contribution in [2.75, 3.05) is 0 Å². The molecule has 2 rings (SSSR count). The summed E-state index contributed by atoms with van der Waals surface area (Å²) in [6, 6.07) is 0. The molecule has 2 aliphatic rings. The number of alkyl halides is 1. The molecule has 1 N–H and O–H groups in total. The Morgan fingerprint density at radius 3 is 2.21 bits per heavy atom. The molecular weight excluding hydrogens is 179 g/mol. The van der Waals surface area contributed by atoms with Crippen molar-refractivity contribution in [3.8, 4) is 0 Å². The molecule has 2 aliphatic carbocycles. The van der Waals surface area contributed by atoms with Crippen molar-refractivity contribution >= 4 is 0 Å². The highest BCUT2D eigenvalue weighted by Gasteiger charge is 2.45. The van der Waals surface area contributed by atoms with Crippen LogP contribution in [0.15, 0.2) is 0 Å². The zero-order valence-corrected chi connectivity index (χ0v) is 8.84. The maximum atomic E-state index is 13.8. The molecule has 14 heavy (non-hydrogen) atoms. The molecule has 1 nitrogen and oxygen atoms in total. The van der Waals surface area contributed by atoms with Gasteiger partial charge in [-0.3, -0.25) is 0 Å². The lowest BCUT2D eigenvalue weighted by Gasteiger charge is -2.43. The third-order valence-electron chi connectivity index (χ3n) is 4.14. The minimum Gasteiger partial charge on any atom is -0.387 e. The third-order valence-corrected chi connectivity index (χ3v) is 4.14. The lowest BCUT2D eigenvalue weighted by Crippen LogP contribution is -2.49. The van der Waals surface area contributed by atoms with Gasteiger partial charge in [0.05, 0.1) is 5.60 Å². The van der Waals surface area contributed by atoms with E-state index in [4.69, 9.17) is 0 Å². The molecule has 0 radical (unpaired) electrons. The molecule has 2 saturated carbocycles. The number of hydrogen-bond donors (Lipinski definition) is 1. The Kier molecular flexibility index (Phi) is 3.10. The fourth-order valence-corrected chi connectivity index (χ4v) is 3.20. The highest BCUT2D eigenvalue weighted by atomic mass is 19.1. The van der Waals surface area contributed by atoms with Gasteiger partial charge in [-0.2, -0.15) is 0 Å². The van der Waals surface area contributed by atoms with Crippen molar-refractivity contribution in [1.29, 1.82) is 0 Å². The van der Waals surface area contributed by atoms with Crippen LogP contribution in [0.3, 0.4) is 0 Å². The van der Waals surface area contributed by atoms with Gasteiger partial charge in [0.15, 0.2) is 0 Å². The van der Waals surface area contributed by atoms with E-state index in [2.05, 4.69) is 0 Å². The predicted molar refractivity (Wildman–Crippen MR) is 54.9 cm³/mol. The molecule has 0 amide bonds. The van der Waals surface area contributed by atoms with Gasteiger partial charge < -0.3 is 5.11 Å². The minimum absolute atomic E-state index is 0.242. The smallest absolute Gasteiger partial charge is 0.129 e. The summed E-state index contributed by atoms with van der Waals surface area (Å²) in [6.45, 7) is 0. The summed E-state index contributed by atoms with van der Waals surface area (Å²) in [5.41, 5.74) is -0.960. The van der Waals surface area contributed by atoms with Crippen LogP contribution in [0.2, 0.25) is 0 Å². The molecular formula is C12H21FO. The summed E-state index contributed by atoms with van der Waals surface area (Å²) in [7, 11) is 0. The van der Waals surface area contributed by atoms with Gasteiger partial charge in [0.25, 0.3) is 0 Å². The van der Waals surface area contributed by atoms with Crippen LogP contribution in [0.1, 0.15) is 57.8 Å². The van der Waals surface area contributed by atoms with Crippen LogP contribution in [-0.4, -0.2) is 16.9 Å². The zero-order chi connectivity index (χ0) is 10.0. The van der Waals surface area contributed by atoms with Crippen molar-refractivity contribution in [3.05, 3.63) is 0 Å². The Hall–Kier alpha value is -0.110. The first-order valence-electron chi connectivity index (χ1n) is 6.10. The van der Waals surface area contributed by atoms with Gasteiger partial charge in [-0.1, -0.05) is 32.1 Å². The summed E-state index contributed by atoms with van der Waals surface area (Å²) < 4.78 is 13.8. The summed E-state index contributed by atoms with van der Waals surface area (Å²) >= 11 is 0. The Bertz CT molecular complexity index is 189. The molecule has 2 fully saturated rings. The van der Waals surface area contributed by atoms with Crippen molar-refractivity contribution in [3.63, 3.8) is 0 Å². The summed E-state index contributed by atoms with van der Waals surface area (Å²) in [5.74, 6) is 0.242. The molecule has 82 valence electrons. The van der Waals surface area contributed by atoms with Crippen molar-refractivity contribution in [2.45, 2.75) is 69.6 Å². The second kappa shape index (κ2) is 4.18. The monoisotopic (exact) mass is 200 g/mol. The fourth-order valence-electron chi connectivity index (χ4n) is 3.20. The molecule has 2 unspecified atom stereocenters. The van der Waals surface area contributed by atoms with Gasteiger partial charge in [-0.05, 0) is 31.6 Å². The largest absolute Gasteiger partial charge is 0.387 e. The van der Waals surface area contributed by atoms with Crippen LogP contribution < -0.4 is 0 Å². The van der Waals surface area contributed by atoms with Crippen LogP contribution in [0.25, 0.3) is 0 Å². The Morgan fingerprint density at radius 1 is 0.929 bits per heavy atom. The van der Waals surface area contributed by atoms with E-state index < -0.39 is 11.8 Å². The first kappa shape index (κ1) is 10.4. The fraction of sp³-hybridized carbons (Fsp3) is 1.00. The van der Waals surface area contributed by atoms with E-state index in [0.717, 1.165) is 25.7 Å². The summed E-state index contributed by atoms with van der Waals surface area (Å²) in [4.78, 5) is 0. The van der Waals surface area contributed by atoms with Gasteiger partial charge in [0.2, 0.25) is 0 Å². The molecule has 2 atom stereocenters. The first-order valence-corrected chi connectivity index (χ1v) is 6.10. The minimum atomic E-state index is -0.960. The molecule has 0 aromatic heterocycles. The van der Waals surface area contributed by atoms with E-state index in [0.29, 0.717) is 12.8 Å². The normalized spacial score (nSPS) is 41.1. The van der Waals surface area contributed by atoms with Crippen molar-refractivity contribution in [1.82, 2.24) is 0 Å². The lowest BCUT2D eigenvalue weighted by molar-refractivity contribution is -0.114. The SMILES string of the molecule is OC1(C2CCCCC2)CCCCC1F. The zero-order valence-electron chi connectivity index (χ0n) is 8.84. The van der Waals surface area contributed by atoms with Crippen LogP contribution in [0, 0.1) is 5.92 Å². The molecule has 0 aromatic carbocycles. The molecule has 0 saturated heterocycles. The van der Waals surface area contributed by atoms with Crippen molar-refractivity contribution < 1.29 is 9.50 Å². The number of halogens is 1. The van der Waals surface area contributed by atoms with E-state index in [-0.39, 0.29) is 5.92 Å². The van der Waals surface area contributed by atoms with Gasteiger partial charge in [0.1, 0.15) is 6.17 Å². The molecule has 0 spiro atoms. The van der Waals surface area contributed by atoms with Crippen LogP contribution in [-0.2, 0) is 0 Å². The van der Waals surface area contributed by atoms with Gasteiger partial charge in [0, 0.05) is 0 Å². The average Bonchev–Trinajstić information content (AvgIpc) is 2.24. The quantitative estimate of drug-likeness (QED) is 0.689. The lowest BCUT2D eigenvalue weighted by atomic mass is 9.69. The number of hydrogen-bond acceptors (Lipinski definition) is 1. The van der Waals surface area contributed by atoms with E-state index in [1.54, 1.807) is 0 Å². The van der Waals surface area contributed by atoms with Crippen LogP contribution in [0.4, 0.5) is 4.39 Å². The molecule has 0 aromatic rings. The van der Waals surface area contributed by atoms with E-state index in [9.17, 15) is 9.50 Å². The topological polar surface area (TPSA) is 20.2 Å². The van der Waals surface area contributed by atoms with Crippen LogP contribution >= 0.6 is 0 Å². The predicted octanol–water partition coefficient (Wildman–Crippen LogP) is 3.21. The Morgan fingerprint density at radius 2 is 1.57 bits per heavy atom. The van der Waals surface area contributed by atoms with Crippen molar-refractivity contribution in [2.24, 2.45) is 5.92 Å². The molecule has 0 heterocycles.